The summed E-state index contributed by atoms with van der Waals surface area (Å²) in [5.41, 5.74) is 10.5. The Labute approximate surface area is 258 Å². The van der Waals surface area contributed by atoms with Crippen LogP contribution < -0.4 is 4.90 Å². The smallest absolute Gasteiger partial charge is 0.337 e. The van der Waals surface area contributed by atoms with E-state index in [2.05, 4.69) is 80.0 Å². The van der Waals surface area contributed by atoms with Gasteiger partial charge in [0.2, 0.25) is 0 Å². The molecule has 43 heavy (non-hydrogen) atoms. The molecule has 230 valence electrons. The summed E-state index contributed by atoms with van der Waals surface area (Å²) in [5, 5.41) is 10.5. The molecule has 0 unspecified atom stereocenters. The van der Waals surface area contributed by atoms with Gasteiger partial charge in [-0.1, -0.05) is 61.9 Å². The van der Waals surface area contributed by atoms with Crippen molar-refractivity contribution < 1.29 is 14.6 Å². The molecule has 0 spiro atoms. The lowest BCUT2D eigenvalue weighted by molar-refractivity contribution is -0.160. The van der Waals surface area contributed by atoms with Crippen LogP contribution in [0, 0.1) is 26.2 Å². The number of rotatable bonds is 7. The van der Waals surface area contributed by atoms with Crippen LogP contribution in [0.1, 0.15) is 92.8 Å². The summed E-state index contributed by atoms with van der Waals surface area (Å²) in [6, 6.07) is 15.6. The molecule has 0 aliphatic carbocycles. The highest BCUT2D eigenvalue weighted by Gasteiger charge is 2.36. The second-order valence-electron chi connectivity index (χ2n) is 14.5. The quantitative estimate of drug-likeness (QED) is 0.306. The van der Waals surface area contributed by atoms with E-state index in [1.807, 2.05) is 27.7 Å². The van der Waals surface area contributed by atoms with Crippen molar-refractivity contribution in [3.63, 3.8) is 0 Å². The first-order valence-corrected chi connectivity index (χ1v) is 15.8. The number of carbonyl (C=O) groups is 1. The second kappa shape index (κ2) is 12.0. The second-order valence-corrected chi connectivity index (χ2v) is 14.5. The molecule has 1 atom stereocenters. The van der Waals surface area contributed by atoms with Crippen molar-refractivity contribution >= 4 is 11.7 Å². The first-order chi connectivity index (χ1) is 20.2. The van der Waals surface area contributed by atoms with Gasteiger partial charge in [0.15, 0.2) is 6.10 Å². The van der Waals surface area contributed by atoms with Crippen molar-refractivity contribution in [2.45, 2.75) is 99.4 Å². The highest BCUT2D eigenvalue weighted by molar-refractivity contribution is 5.88. The molecule has 3 heterocycles. The zero-order valence-electron chi connectivity index (χ0n) is 27.4. The number of anilines is 1. The Morgan fingerprint density at radius 1 is 1.00 bits per heavy atom. The molecule has 3 aromatic rings. The Kier molecular flexibility index (Phi) is 8.75. The summed E-state index contributed by atoms with van der Waals surface area (Å²) in [6.07, 6.45) is 1.97. The predicted molar refractivity (Wildman–Crippen MR) is 175 cm³/mol. The highest BCUT2D eigenvalue weighted by Crippen LogP contribution is 2.45. The van der Waals surface area contributed by atoms with E-state index >= 15 is 0 Å². The Balaban J connectivity index is 1.57. The third kappa shape index (κ3) is 7.13. The highest BCUT2D eigenvalue weighted by atomic mass is 16.5. The summed E-state index contributed by atoms with van der Waals surface area (Å²) in [4.78, 5) is 22.7. The lowest BCUT2D eigenvalue weighted by Crippen LogP contribution is -2.39. The lowest BCUT2D eigenvalue weighted by atomic mass is 9.81. The minimum absolute atomic E-state index is 0.262. The normalized spacial score (nSPS) is 17.9. The number of aliphatic carboxylic acids is 1. The number of aryl methyl sites for hydroxylation is 3. The molecule has 2 aromatic carbocycles. The van der Waals surface area contributed by atoms with E-state index < -0.39 is 17.7 Å². The minimum atomic E-state index is -1.11. The van der Waals surface area contributed by atoms with Crippen LogP contribution in [0.4, 0.5) is 5.69 Å². The third-order valence-electron chi connectivity index (χ3n) is 9.04. The maximum atomic E-state index is 12.8. The van der Waals surface area contributed by atoms with Gasteiger partial charge in [-0.05, 0) is 88.5 Å². The number of aromatic nitrogens is 1. The van der Waals surface area contributed by atoms with Gasteiger partial charge in [-0.25, -0.2) is 4.79 Å². The number of benzene rings is 2. The fourth-order valence-electron chi connectivity index (χ4n) is 6.73. The fraction of sp³-hybridized carbons (Fsp3) is 0.514. The molecule has 1 saturated heterocycles. The van der Waals surface area contributed by atoms with Gasteiger partial charge < -0.3 is 14.7 Å². The number of ether oxygens (including phenoxy) is 1. The molecular formula is C37H49N3O3. The van der Waals surface area contributed by atoms with Crippen LogP contribution in [0.15, 0.2) is 42.5 Å². The van der Waals surface area contributed by atoms with E-state index in [4.69, 9.17) is 9.72 Å². The number of hydrogen-bond acceptors (Lipinski definition) is 5. The summed E-state index contributed by atoms with van der Waals surface area (Å²) in [5.74, 6) is -0.979. The van der Waals surface area contributed by atoms with Gasteiger partial charge in [-0.15, -0.1) is 0 Å². The van der Waals surface area contributed by atoms with Crippen molar-refractivity contribution in [3.05, 3.63) is 81.7 Å². The van der Waals surface area contributed by atoms with Crippen LogP contribution in [-0.2, 0) is 29.0 Å². The summed E-state index contributed by atoms with van der Waals surface area (Å²) < 4.78 is 6.26. The molecule has 6 nitrogen and oxygen atoms in total. The van der Waals surface area contributed by atoms with E-state index in [9.17, 15) is 9.90 Å². The maximum Gasteiger partial charge on any atom is 0.337 e. The van der Waals surface area contributed by atoms with Crippen LogP contribution in [0.2, 0.25) is 0 Å². The van der Waals surface area contributed by atoms with Gasteiger partial charge in [0.05, 0.1) is 11.3 Å². The average Bonchev–Trinajstić information content (AvgIpc) is 2.91. The molecule has 0 bridgehead atoms. The fourth-order valence-corrected chi connectivity index (χ4v) is 6.73. The van der Waals surface area contributed by atoms with E-state index in [0.717, 1.165) is 80.2 Å². The molecular weight excluding hydrogens is 534 g/mol. The summed E-state index contributed by atoms with van der Waals surface area (Å²) in [6.45, 7) is 21.2. The monoisotopic (exact) mass is 583 g/mol. The largest absolute Gasteiger partial charge is 0.479 e. The number of carboxylic acids is 1. The maximum absolute atomic E-state index is 12.8. The Morgan fingerprint density at radius 2 is 1.72 bits per heavy atom. The van der Waals surface area contributed by atoms with Crippen LogP contribution in [0.3, 0.4) is 0 Å². The lowest BCUT2D eigenvalue weighted by Gasteiger charge is -2.41. The van der Waals surface area contributed by atoms with Crippen LogP contribution >= 0.6 is 0 Å². The topological polar surface area (TPSA) is 65.9 Å². The van der Waals surface area contributed by atoms with Gasteiger partial charge in [-0.3, -0.25) is 9.88 Å². The SMILES string of the molecule is Cc1cccc(CN2CCc3cc(-c4c(C)nc(C)c([C@H](OC(C)(C)C)C(=O)O)c4N4CCC(C)(C)CC4)ccc3C2)c1. The molecule has 5 rings (SSSR count). The standard InChI is InChI=1S/C37H49N3O3/c1-24-10-9-11-27(20-24)22-39-17-14-28-21-29(12-13-30(28)23-39)31-25(2)38-26(3)32(34(35(41)42)43-36(4,5)6)33(31)40-18-15-37(7,8)16-19-40/h9-13,20-21,34H,14-19,22-23H2,1-8H3,(H,41,42)/t34-/m0/s1. The number of pyridine rings is 1. The van der Waals surface area contributed by atoms with Crippen molar-refractivity contribution in [3.8, 4) is 11.1 Å². The zero-order valence-corrected chi connectivity index (χ0v) is 27.4. The number of fused-ring (bicyclic) bond motifs is 1. The van der Waals surface area contributed by atoms with E-state index in [1.165, 1.54) is 22.3 Å². The Bertz CT molecular complexity index is 1490. The molecule has 1 N–H and O–H groups in total. The zero-order chi connectivity index (χ0) is 31.1. The first kappa shape index (κ1) is 31.2. The minimum Gasteiger partial charge on any atom is -0.479 e. The Hall–Kier alpha value is -3.22. The third-order valence-corrected chi connectivity index (χ3v) is 9.04. The van der Waals surface area contributed by atoms with Gasteiger partial charge in [0, 0.05) is 55.2 Å². The predicted octanol–water partition coefficient (Wildman–Crippen LogP) is 7.80. The summed E-state index contributed by atoms with van der Waals surface area (Å²) in [7, 11) is 0. The van der Waals surface area contributed by atoms with Crippen molar-refractivity contribution in [1.82, 2.24) is 9.88 Å². The number of hydrogen-bond donors (Lipinski definition) is 1. The molecule has 1 fully saturated rings. The van der Waals surface area contributed by atoms with E-state index in [1.54, 1.807) is 0 Å². The molecule has 0 amide bonds. The molecule has 6 heteroatoms. The van der Waals surface area contributed by atoms with Gasteiger partial charge in [-0.2, -0.15) is 0 Å². The van der Waals surface area contributed by atoms with Crippen molar-refractivity contribution in [1.29, 1.82) is 0 Å². The Morgan fingerprint density at radius 3 is 2.37 bits per heavy atom. The molecule has 2 aliphatic heterocycles. The molecule has 0 saturated carbocycles. The van der Waals surface area contributed by atoms with Gasteiger partial charge in [0.25, 0.3) is 0 Å². The number of nitrogens with zero attached hydrogens (tertiary/aromatic N) is 3. The number of carboxylic acid groups (broad SMARTS) is 1. The van der Waals surface area contributed by atoms with E-state index in [-0.39, 0.29) is 5.41 Å². The van der Waals surface area contributed by atoms with Crippen LogP contribution in [-0.4, -0.2) is 46.2 Å². The van der Waals surface area contributed by atoms with Crippen molar-refractivity contribution in [2.75, 3.05) is 24.5 Å². The number of piperidine rings is 1. The van der Waals surface area contributed by atoms with E-state index in [0.29, 0.717) is 5.56 Å². The molecule has 0 radical (unpaired) electrons. The summed E-state index contributed by atoms with van der Waals surface area (Å²) >= 11 is 0. The van der Waals surface area contributed by atoms with Crippen LogP contribution in [0.25, 0.3) is 11.1 Å². The van der Waals surface area contributed by atoms with Crippen molar-refractivity contribution in [2.24, 2.45) is 5.41 Å². The first-order valence-electron chi connectivity index (χ1n) is 15.8. The van der Waals surface area contributed by atoms with Gasteiger partial charge >= 0.3 is 5.97 Å². The van der Waals surface area contributed by atoms with Crippen LogP contribution in [0.5, 0.6) is 0 Å². The van der Waals surface area contributed by atoms with Gasteiger partial charge in [0.1, 0.15) is 0 Å². The molecule has 2 aliphatic rings. The molecule has 1 aromatic heterocycles. The average molecular weight is 584 g/mol.